The molecule has 0 heterocycles. The highest BCUT2D eigenvalue weighted by atomic mass is 35.5. The zero-order chi connectivity index (χ0) is 23.1. The molecule has 2 N–H and O–H groups in total. The molecule has 1 amide bonds. The fourth-order valence-electron chi connectivity index (χ4n) is 2.89. The van der Waals surface area contributed by atoms with E-state index in [0.717, 1.165) is 12.0 Å². The molecule has 0 aliphatic heterocycles. The van der Waals surface area contributed by atoms with Crippen LogP contribution in [0.5, 0.6) is 11.5 Å². The third kappa shape index (κ3) is 6.15. The number of nitrogens with one attached hydrogen (secondary N) is 2. The summed E-state index contributed by atoms with van der Waals surface area (Å²) in [7, 11) is -2.62. The van der Waals surface area contributed by atoms with Crippen LogP contribution in [0.1, 0.15) is 12.5 Å². The molecule has 0 aliphatic carbocycles. The normalized spacial score (nSPS) is 11.0. The molecule has 9 heteroatoms. The minimum absolute atomic E-state index is 0.121. The Bertz CT molecular complexity index is 1200. The standard InChI is InChI=1S/C23H23ClN2O5S/c1-3-16-5-4-6-20(13-16)31-15-23(27)25-19-11-12-21(30-2)22(14-19)32(28,29)26-18-9-7-17(24)8-10-18/h4-14,26H,3,15H2,1-2H3,(H,25,27). The van der Waals surface area contributed by atoms with Crippen molar-refractivity contribution in [1.82, 2.24) is 0 Å². The molecule has 0 saturated carbocycles. The van der Waals surface area contributed by atoms with Crippen molar-refractivity contribution in [2.24, 2.45) is 0 Å². The first kappa shape index (κ1) is 23.4. The summed E-state index contributed by atoms with van der Waals surface area (Å²) in [4.78, 5) is 12.2. The molecule has 0 radical (unpaired) electrons. The molecule has 3 aromatic carbocycles. The molecule has 0 bridgehead atoms. The van der Waals surface area contributed by atoms with E-state index in [0.29, 0.717) is 16.5 Å². The summed E-state index contributed by atoms with van der Waals surface area (Å²) in [6, 6.07) is 18.1. The van der Waals surface area contributed by atoms with Crippen LogP contribution in [0.3, 0.4) is 0 Å². The second-order valence-corrected chi connectivity index (χ2v) is 8.90. The van der Waals surface area contributed by atoms with Gasteiger partial charge in [0.1, 0.15) is 16.4 Å². The van der Waals surface area contributed by atoms with Crippen molar-refractivity contribution in [2.75, 3.05) is 23.8 Å². The van der Waals surface area contributed by atoms with Gasteiger partial charge in [-0.3, -0.25) is 9.52 Å². The number of amides is 1. The number of aryl methyl sites for hydroxylation is 1. The number of carbonyl (C=O) groups excluding carboxylic acids is 1. The van der Waals surface area contributed by atoms with Gasteiger partial charge in [-0.15, -0.1) is 0 Å². The van der Waals surface area contributed by atoms with Crippen LogP contribution in [0.2, 0.25) is 5.02 Å². The fourth-order valence-corrected chi connectivity index (χ4v) is 4.27. The Morgan fingerprint density at radius 1 is 1.00 bits per heavy atom. The van der Waals surface area contributed by atoms with Crippen LogP contribution < -0.4 is 19.5 Å². The number of benzene rings is 3. The van der Waals surface area contributed by atoms with Gasteiger partial charge in [0, 0.05) is 16.4 Å². The van der Waals surface area contributed by atoms with E-state index >= 15 is 0 Å². The molecule has 0 unspecified atom stereocenters. The first-order valence-corrected chi connectivity index (χ1v) is 11.6. The average molecular weight is 475 g/mol. The highest BCUT2D eigenvalue weighted by Crippen LogP contribution is 2.29. The van der Waals surface area contributed by atoms with Crippen LogP contribution in [0.4, 0.5) is 11.4 Å². The summed E-state index contributed by atoms with van der Waals surface area (Å²) in [6.07, 6.45) is 0.858. The molecule has 0 aliphatic rings. The maximum absolute atomic E-state index is 12.9. The van der Waals surface area contributed by atoms with Crippen LogP contribution in [-0.4, -0.2) is 28.0 Å². The minimum Gasteiger partial charge on any atom is -0.495 e. The summed E-state index contributed by atoms with van der Waals surface area (Å²) in [5, 5.41) is 3.13. The lowest BCUT2D eigenvalue weighted by molar-refractivity contribution is -0.118. The molecule has 0 saturated heterocycles. The van der Waals surface area contributed by atoms with Gasteiger partial charge < -0.3 is 14.8 Å². The Kier molecular flexibility index (Phi) is 7.61. The third-order valence-corrected chi connectivity index (χ3v) is 6.16. The summed E-state index contributed by atoms with van der Waals surface area (Å²) < 4.78 is 39.0. The molecule has 0 aromatic heterocycles. The molecule has 0 fully saturated rings. The van der Waals surface area contributed by atoms with Gasteiger partial charge >= 0.3 is 0 Å². The molecule has 0 atom stereocenters. The van der Waals surface area contributed by atoms with Crippen molar-refractivity contribution in [3.63, 3.8) is 0 Å². The van der Waals surface area contributed by atoms with Gasteiger partial charge in [0.2, 0.25) is 0 Å². The van der Waals surface area contributed by atoms with Crippen LogP contribution in [0.25, 0.3) is 0 Å². The van der Waals surface area contributed by atoms with Gasteiger partial charge in [-0.2, -0.15) is 0 Å². The number of carbonyl (C=O) groups is 1. The molecule has 0 spiro atoms. The molecular weight excluding hydrogens is 452 g/mol. The van der Waals surface area contributed by atoms with Crippen LogP contribution in [-0.2, 0) is 21.2 Å². The molecule has 168 valence electrons. The quantitative estimate of drug-likeness (QED) is 0.467. The van der Waals surface area contributed by atoms with Crippen molar-refractivity contribution in [2.45, 2.75) is 18.2 Å². The minimum atomic E-state index is -3.99. The van der Waals surface area contributed by atoms with E-state index in [-0.39, 0.29) is 22.9 Å². The van der Waals surface area contributed by atoms with Crippen molar-refractivity contribution in [3.05, 3.63) is 77.3 Å². The van der Waals surface area contributed by atoms with Gasteiger partial charge in [-0.25, -0.2) is 8.42 Å². The lowest BCUT2D eigenvalue weighted by Crippen LogP contribution is -2.21. The van der Waals surface area contributed by atoms with Gasteiger partial charge in [-0.1, -0.05) is 30.7 Å². The van der Waals surface area contributed by atoms with E-state index in [9.17, 15) is 13.2 Å². The van der Waals surface area contributed by atoms with E-state index < -0.39 is 15.9 Å². The highest BCUT2D eigenvalue weighted by Gasteiger charge is 2.21. The number of anilines is 2. The van der Waals surface area contributed by atoms with E-state index in [2.05, 4.69) is 10.0 Å². The van der Waals surface area contributed by atoms with Gasteiger partial charge in [0.05, 0.1) is 7.11 Å². The topological polar surface area (TPSA) is 93.7 Å². The van der Waals surface area contributed by atoms with Crippen molar-refractivity contribution in [3.8, 4) is 11.5 Å². The summed E-state index contributed by atoms with van der Waals surface area (Å²) in [5.41, 5.74) is 1.73. The van der Waals surface area contributed by atoms with Crippen LogP contribution >= 0.6 is 11.6 Å². The monoisotopic (exact) mass is 474 g/mol. The number of hydrogen-bond donors (Lipinski definition) is 2. The largest absolute Gasteiger partial charge is 0.495 e. The predicted octanol–water partition coefficient (Wildman–Crippen LogP) is 4.73. The Morgan fingerprint density at radius 3 is 2.41 bits per heavy atom. The zero-order valence-corrected chi connectivity index (χ0v) is 19.2. The number of methoxy groups -OCH3 is 1. The number of ether oxygens (including phenoxy) is 2. The average Bonchev–Trinajstić information content (AvgIpc) is 2.79. The fraction of sp³-hybridized carbons (Fsp3) is 0.174. The Hall–Kier alpha value is -3.23. The van der Waals surface area contributed by atoms with Gasteiger partial charge in [0.25, 0.3) is 15.9 Å². The van der Waals surface area contributed by atoms with Crippen molar-refractivity contribution in [1.29, 1.82) is 0 Å². The third-order valence-electron chi connectivity index (χ3n) is 4.51. The first-order chi connectivity index (χ1) is 15.3. The molecular formula is C23H23ClN2O5S. The second kappa shape index (κ2) is 10.4. The number of halogens is 1. The van der Waals surface area contributed by atoms with Crippen LogP contribution in [0, 0.1) is 0 Å². The molecule has 32 heavy (non-hydrogen) atoms. The van der Waals surface area contributed by atoms with Crippen LogP contribution in [0.15, 0.2) is 71.6 Å². The van der Waals surface area contributed by atoms with Crippen molar-refractivity contribution < 1.29 is 22.7 Å². The maximum Gasteiger partial charge on any atom is 0.265 e. The highest BCUT2D eigenvalue weighted by molar-refractivity contribution is 7.92. The number of hydrogen-bond acceptors (Lipinski definition) is 5. The summed E-state index contributed by atoms with van der Waals surface area (Å²) in [5.74, 6) is 0.299. The summed E-state index contributed by atoms with van der Waals surface area (Å²) >= 11 is 5.85. The SMILES string of the molecule is CCc1cccc(OCC(=O)Nc2ccc(OC)c(S(=O)(=O)Nc3ccc(Cl)cc3)c2)c1. The van der Waals surface area contributed by atoms with Crippen molar-refractivity contribution >= 4 is 38.9 Å². The van der Waals surface area contributed by atoms with E-state index in [1.807, 2.05) is 25.1 Å². The lowest BCUT2D eigenvalue weighted by Gasteiger charge is -2.14. The predicted molar refractivity (Wildman–Crippen MR) is 125 cm³/mol. The van der Waals surface area contributed by atoms with E-state index in [1.54, 1.807) is 36.4 Å². The Morgan fingerprint density at radius 2 is 1.72 bits per heavy atom. The van der Waals surface area contributed by atoms with Gasteiger partial charge in [0.15, 0.2) is 6.61 Å². The summed E-state index contributed by atoms with van der Waals surface area (Å²) in [6.45, 7) is 1.81. The molecule has 3 aromatic rings. The Balaban J connectivity index is 1.73. The smallest absolute Gasteiger partial charge is 0.265 e. The molecule has 3 rings (SSSR count). The number of rotatable bonds is 9. The first-order valence-electron chi connectivity index (χ1n) is 9.78. The zero-order valence-electron chi connectivity index (χ0n) is 17.6. The maximum atomic E-state index is 12.9. The Labute approximate surface area is 192 Å². The van der Waals surface area contributed by atoms with E-state index in [1.165, 1.54) is 19.2 Å². The van der Waals surface area contributed by atoms with Gasteiger partial charge in [-0.05, 0) is 66.6 Å². The lowest BCUT2D eigenvalue weighted by atomic mass is 10.2. The molecule has 7 nitrogen and oxygen atoms in total. The van der Waals surface area contributed by atoms with E-state index in [4.69, 9.17) is 21.1 Å². The number of sulfonamides is 1. The second-order valence-electron chi connectivity index (χ2n) is 6.82.